The fraction of sp³-hybridized carbons (Fsp3) is 0.733. The van der Waals surface area contributed by atoms with Crippen molar-refractivity contribution in [3.63, 3.8) is 0 Å². The molecule has 1 aliphatic carbocycles. The van der Waals surface area contributed by atoms with E-state index in [9.17, 15) is 4.79 Å². The van der Waals surface area contributed by atoms with Crippen LogP contribution < -0.4 is 5.73 Å². The van der Waals surface area contributed by atoms with E-state index in [1.165, 1.54) is 0 Å². The summed E-state index contributed by atoms with van der Waals surface area (Å²) in [6.45, 7) is 8.39. The summed E-state index contributed by atoms with van der Waals surface area (Å²) in [4.78, 5) is 12.0. The zero-order valence-electron chi connectivity index (χ0n) is 12.9. The number of rotatable bonds is 3. The smallest absolute Gasteiger partial charge is 0.328 e. The van der Waals surface area contributed by atoms with Crippen LogP contribution in [0, 0.1) is 19.3 Å². The maximum absolute atomic E-state index is 12.0. The van der Waals surface area contributed by atoms with Gasteiger partial charge in [0.05, 0.1) is 17.1 Å². The van der Waals surface area contributed by atoms with E-state index in [0.29, 0.717) is 11.1 Å². The number of esters is 1. The fourth-order valence-electron chi connectivity index (χ4n) is 2.70. The van der Waals surface area contributed by atoms with Crippen molar-refractivity contribution in [1.82, 2.24) is 9.78 Å². The molecule has 0 bridgehead atoms. The van der Waals surface area contributed by atoms with Gasteiger partial charge in [-0.1, -0.05) is 13.8 Å². The first kappa shape index (κ1) is 14.9. The second-order valence-corrected chi connectivity index (χ2v) is 6.60. The number of carbonyl (C=O) groups is 1. The number of nitrogens with two attached hydrogens (primary N) is 1. The Morgan fingerprint density at radius 2 is 2.00 bits per heavy atom. The van der Waals surface area contributed by atoms with Crippen LogP contribution in [-0.4, -0.2) is 21.9 Å². The molecule has 1 heterocycles. The lowest BCUT2D eigenvalue weighted by Crippen LogP contribution is -2.29. The lowest BCUT2D eigenvalue weighted by Gasteiger charge is -2.33. The van der Waals surface area contributed by atoms with Gasteiger partial charge in [0.1, 0.15) is 12.6 Å². The highest BCUT2D eigenvalue weighted by Crippen LogP contribution is 2.36. The SMILES string of the molecule is Cc1nn(CC(=O)OC2CCC(C)(C)CC2)c(C)c1N. The third kappa shape index (κ3) is 3.32. The second-order valence-electron chi connectivity index (χ2n) is 6.60. The molecule has 0 spiro atoms. The molecule has 0 amide bonds. The number of anilines is 1. The molecule has 1 saturated carbocycles. The molecule has 0 radical (unpaired) electrons. The third-order valence-electron chi connectivity index (χ3n) is 4.30. The van der Waals surface area contributed by atoms with Crippen molar-refractivity contribution in [2.24, 2.45) is 5.41 Å². The highest BCUT2D eigenvalue weighted by atomic mass is 16.5. The standard InChI is InChI=1S/C15H25N3O2/c1-10-14(16)11(2)18(17-10)9-13(19)20-12-5-7-15(3,4)8-6-12/h12H,5-9,16H2,1-4H3. The number of nitrogen functional groups attached to an aromatic ring is 1. The minimum atomic E-state index is -0.222. The number of carbonyl (C=O) groups excluding carboxylic acids is 1. The van der Waals surface area contributed by atoms with E-state index < -0.39 is 0 Å². The molecule has 0 unspecified atom stereocenters. The lowest BCUT2D eigenvalue weighted by atomic mass is 9.76. The van der Waals surface area contributed by atoms with Crippen LogP contribution in [0.2, 0.25) is 0 Å². The van der Waals surface area contributed by atoms with Crippen LogP contribution in [0.15, 0.2) is 0 Å². The number of ether oxygens (including phenoxy) is 1. The van der Waals surface area contributed by atoms with E-state index in [0.717, 1.165) is 37.1 Å². The molecule has 1 aliphatic rings. The molecule has 0 atom stereocenters. The Morgan fingerprint density at radius 3 is 2.50 bits per heavy atom. The zero-order valence-corrected chi connectivity index (χ0v) is 12.9. The van der Waals surface area contributed by atoms with Crippen LogP contribution >= 0.6 is 0 Å². The molecule has 2 N–H and O–H groups in total. The van der Waals surface area contributed by atoms with Crippen LogP contribution in [0.5, 0.6) is 0 Å². The van der Waals surface area contributed by atoms with Gasteiger partial charge in [0.15, 0.2) is 0 Å². The molecule has 20 heavy (non-hydrogen) atoms. The van der Waals surface area contributed by atoms with Crippen molar-refractivity contribution in [2.45, 2.75) is 66.0 Å². The van der Waals surface area contributed by atoms with Crippen molar-refractivity contribution in [2.75, 3.05) is 5.73 Å². The molecule has 0 aliphatic heterocycles. The van der Waals surface area contributed by atoms with Gasteiger partial charge in [-0.15, -0.1) is 0 Å². The van der Waals surface area contributed by atoms with Gasteiger partial charge in [0, 0.05) is 0 Å². The normalized spacial score (nSPS) is 19.0. The van der Waals surface area contributed by atoms with E-state index in [4.69, 9.17) is 10.5 Å². The molecule has 2 rings (SSSR count). The summed E-state index contributed by atoms with van der Waals surface area (Å²) in [5.74, 6) is -0.222. The zero-order chi connectivity index (χ0) is 14.9. The van der Waals surface area contributed by atoms with Crippen molar-refractivity contribution in [3.05, 3.63) is 11.4 Å². The molecular formula is C15H25N3O2. The Hall–Kier alpha value is -1.52. The van der Waals surface area contributed by atoms with E-state index in [2.05, 4.69) is 18.9 Å². The lowest BCUT2D eigenvalue weighted by molar-refractivity contribution is -0.152. The van der Waals surface area contributed by atoms with Crippen LogP contribution in [0.25, 0.3) is 0 Å². The van der Waals surface area contributed by atoms with Gasteiger partial charge in [-0.25, -0.2) is 0 Å². The van der Waals surface area contributed by atoms with Crippen LogP contribution in [0.4, 0.5) is 5.69 Å². The number of hydrogen-bond acceptors (Lipinski definition) is 4. The Bertz CT molecular complexity index is 495. The van der Waals surface area contributed by atoms with Crippen molar-refractivity contribution < 1.29 is 9.53 Å². The van der Waals surface area contributed by atoms with E-state index >= 15 is 0 Å². The molecule has 0 saturated heterocycles. The molecule has 5 heteroatoms. The number of aryl methyl sites for hydroxylation is 1. The van der Waals surface area contributed by atoms with Gasteiger partial charge in [0.25, 0.3) is 0 Å². The monoisotopic (exact) mass is 279 g/mol. The average molecular weight is 279 g/mol. The Morgan fingerprint density at radius 1 is 1.40 bits per heavy atom. The molecule has 112 valence electrons. The summed E-state index contributed by atoms with van der Waals surface area (Å²) in [5, 5.41) is 4.26. The van der Waals surface area contributed by atoms with Gasteiger partial charge in [-0.05, 0) is 44.9 Å². The summed E-state index contributed by atoms with van der Waals surface area (Å²) in [6.07, 6.45) is 4.19. The van der Waals surface area contributed by atoms with Gasteiger partial charge < -0.3 is 10.5 Å². The predicted octanol–water partition coefficient (Wildman–Crippen LogP) is 2.59. The number of nitrogens with zero attached hydrogens (tertiary/aromatic N) is 2. The van der Waals surface area contributed by atoms with Gasteiger partial charge in [0.2, 0.25) is 0 Å². The number of hydrogen-bond donors (Lipinski definition) is 1. The molecule has 0 aromatic carbocycles. The summed E-state index contributed by atoms with van der Waals surface area (Å²) in [7, 11) is 0. The predicted molar refractivity (Wildman–Crippen MR) is 78.2 cm³/mol. The van der Waals surface area contributed by atoms with Crippen LogP contribution in [0.3, 0.4) is 0 Å². The highest BCUT2D eigenvalue weighted by molar-refractivity contribution is 5.69. The van der Waals surface area contributed by atoms with Crippen molar-refractivity contribution in [3.8, 4) is 0 Å². The van der Waals surface area contributed by atoms with Gasteiger partial charge in [-0.3, -0.25) is 9.48 Å². The first-order valence-corrected chi connectivity index (χ1v) is 7.27. The molecule has 1 aromatic rings. The Balaban J connectivity index is 1.88. The summed E-state index contributed by atoms with van der Waals surface area (Å²) >= 11 is 0. The average Bonchev–Trinajstić information content (AvgIpc) is 2.60. The Kier molecular flexibility index (Phi) is 4.06. The summed E-state index contributed by atoms with van der Waals surface area (Å²) in [6, 6.07) is 0. The first-order chi connectivity index (χ1) is 9.28. The molecule has 1 fully saturated rings. The summed E-state index contributed by atoms with van der Waals surface area (Å²) in [5.41, 5.74) is 8.47. The third-order valence-corrected chi connectivity index (χ3v) is 4.30. The first-order valence-electron chi connectivity index (χ1n) is 7.27. The van der Waals surface area contributed by atoms with Crippen molar-refractivity contribution in [1.29, 1.82) is 0 Å². The maximum atomic E-state index is 12.0. The van der Waals surface area contributed by atoms with Crippen LogP contribution in [-0.2, 0) is 16.1 Å². The molecule has 1 aromatic heterocycles. The van der Waals surface area contributed by atoms with E-state index in [1.807, 2.05) is 13.8 Å². The quantitative estimate of drug-likeness (QED) is 0.863. The van der Waals surface area contributed by atoms with Crippen LogP contribution in [0.1, 0.15) is 50.9 Å². The minimum Gasteiger partial charge on any atom is -0.461 e. The van der Waals surface area contributed by atoms with Crippen molar-refractivity contribution >= 4 is 11.7 Å². The largest absolute Gasteiger partial charge is 0.461 e. The topological polar surface area (TPSA) is 70.1 Å². The van der Waals surface area contributed by atoms with Gasteiger partial charge in [-0.2, -0.15) is 5.10 Å². The van der Waals surface area contributed by atoms with E-state index in [1.54, 1.807) is 4.68 Å². The fourth-order valence-corrected chi connectivity index (χ4v) is 2.70. The molecule has 5 nitrogen and oxygen atoms in total. The van der Waals surface area contributed by atoms with Gasteiger partial charge >= 0.3 is 5.97 Å². The van der Waals surface area contributed by atoms with E-state index in [-0.39, 0.29) is 18.6 Å². The summed E-state index contributed by atoms with van der Waals surface area (Å²) < 4.78 is 7.18. The Labute approximate surface area is 120 Å². The molecular weight excluding hydrogens is 254 g/mol. The maximum Gasteiger partial charge on any atom is 0.328 e. The minimum absolute atomic E-state index is 0.0600. The highest BCUT2D eigenvalue weighted by Gasteiger charge is 2.28. The number of aromatic nitrogens is 2. The second kappa shape index (κ2) is 5.46.